The zero-order valence-electron chi connectivity index (χ0n) is 25.9. The van der Waals surface area contributed by atoms with Gasteiger partial charge in [-0.2, -0.15) is 0 Å². The highest BCUT2D eigenvalue weighted by Crippen LogP contribution is 2.24. The molecule has 0 aromatic heterocycles. The zero-order valence-corrected chi connectivity index (χ0v) is 25.9. The molecule has 0 rings (SSSR count). The third-order valence-corrected chi connectivity index (χ3v) is 5.42. The highest BCUT2D eigenvalue weighted by molar-refractivity contribution is 5.70. The average Bonchev–Trinajstić information content (AvgIpc) is 2.60. The van der Waals surface area contributed by atoms with E-state index in [1.165, 1.54) is 0 Å². The van der Waals surface area contributed by atoms with Crippen LogP contribution in [0, 0.1) is 0 Å². The Kier molecular flexibility index (Phi) is 12.6. The Hall–Kier alpha value is -1.18. The van der Waals surface area contributed by atoms with Crippen molar-refractivity contribution >= 4 is 11.9 Å². The lowest BCUT2D eigenvalue weighted by molar-refractivity contribution is -0.157. The van der Waals surface area contributed by atoms with E-state index in [0.29, 0.717) is 38.9 Å². The molecule has 7 heteroatoms. The summed E-state index contributed by atoms with van der Waals surface area (Å²) < 4.78 is 23.2. The van der Waals surface area contributed by atoms with Gasteiger partial charge in [-0.3, -0.25) is 9.59 Å². The Morgan fingerprint density at radius 2 is 0.944 bits per heavy atom. The number of nitrogens with one attached hydrogen (secondary N) is 1. The molecule has 0 bridgehead atoms. The molecule has 0 amide bonds. The van der Waals surface area contributed by atoms with Crippen molar-refractivity contribution in [3.8, 4) is 0 Å². The number of carbonyl (C=O) groups is 2. The molecule has 0 radical (unpaired) electrons. The number of ether oxygens (including phenoxy) is 4. The van der Waals surface area contributed by atoms with Gasteiger partial charge >= 0.3 is 11.9 Å². The second kappa shape index (κ2) is 13.1. The quantitative estimate of drug-likeness (QED) is 0.254. The van der Waals surface area contributed by atoms with Crippen molar-refractivity contribution in [2.75, 3.05) is 13.2 Å². The van der Waals surface area contributed by atoms with Gasteiger partial charge in [0.15, 0.2) is 0 Å². The lowest BCUT2D eigenvalue weighted by atomic mass is 9.94. The fourth-order valence-electron chi connectivity index (χ4n) is 3.71. The minimum atomic E-state index is -0.476. The summed E-state index contributed by atoms with van der Waals surface area (Å²) in [6.07, 6.45) is 2.65. The van der Waals surface area contributed by atoms with Crippen LogP contribution in [-0.4, -0.2) is 58.6 Å². The molecule has 0 unspecified atom stereocenters. The van der Waals surface area contributed by atoms with E-state index in [1.54, 1.807) is 0 Å². The van der Waals surface area contributed by atoms with Crippen LogP contribution in [-0.2, 0) is 28.5 Å². The second-order valence-corrected chi connectivity index (χ2v) is 14.5. The molecule has 1 N–H and O–H groups in total. The number of carbonyl (C=O) groups excluding carboxylic acids is 2. The van der Waals surface area contributed by atoms with Crippen LogP contribution in [0.4, 0.5) is 0 Å². The first kappa shape index (κ1) is 34.8. The summed E-state index contributed by atoms with van der Waals surface area (Å²) >= 11 is 0. The lowest BCUT2D eigenvalue weighted by Crippen LogP contribution is -2.55. The summed E-state index contributed by atoms with van der Waals surface area (Å²) in [5, 5.41) is 3.69. The molecule has 0 fully saturated rings. The van der Waals surface area contributed by atoms with Crippen LogP contribution in [0.3, 0.4) is 0 Å². The fourth-order valence-corrected chi connectivity index (χ4v) is 3.71. The summed E-state index contributed by atoms with van der Waals surface area (Å²) in [6.45, 7) is 28.9. The van der Waals surface area contributed by atoms with Crippen molar-refractivity contribution in [1.82, 2.24) is 5.32 Å². The van der Waals surface area contributed by atoms with Crippen molar-refractivity contribution < 1.29 is 28.5 Å². The molecule has 0 aliphatic rings. The Morgan fingerprint density at radius 3 is 1.33 bits per heavy atom. The van der Waals surface area contributed by atoms with Gasteiger partial charge in [-0.05, 0) is 116 Å². The Labute approximate surface area is 221 Å². The van der Waals surface area contributed by atoms with Gasteiger partial charge in [0.05, 0.1) is 17.8 Å². The first-order chi connectivity index (χ1) is 15.8. The van der Waals surface area contributed by atoms with Crippen LogP contribution in [0.25, 0.3) is 0 Å². The van der Waals surface area contributed by atoms with Crippen molar-refractivity contribution in [1.29, 1.82) is 0 Å². The smallest absolute Gasteiger partial charge is 0.306 e. The van der Waals surface area contributed by atoms with E-state index in [-0.39, 0.29) is 23.0 Å². The Bertz CT molecular complexity index is 696. The van der Waals surface area contributed by atoms with Crippen LogP contribution in [0.2, 0.25) is 0 Å². The average molecular weight is 516 g/mol. The Morgan fingerprint density at radius 1 is 0.556 bits per heavy atom. The molecule has 0 aliphatic carbocycles. The summed E-state index contributed by atoms with van der Waals surface area (Å²) in [6, 6.07) is 0. The van der Waals surface area contributed by atoms with Gasteiger partial charge in [0, 0.05) is 30.5 Å². The third-order valence-electron chi connectivity index (χ3n) is 5.42. The normalized spacial score (nSPS) is 14.1. The van der Waals surface area contributed by atoms with Gasteiger partial charge in [-0.25, -0.2) is 0 Å². The summed E-state index contributed by atoms with van der Waals surface area (Å²) in [7, 11) is 0. The van der Waals surface area contributed by atoms with Crippen molar-refractivity contribution in [3.63, 3.8) is 0 Å². The summed E-state index contributed by atoms with van der Waals surface area (Å²) in [5.41, 5.74) is -2.27. The van der Waals surface area contributed by atoms with E-state index in [9.17, 15) is 9.59 Å². The highest BCUT2D eigenvalue weighted by atomic mass is 16.6. The molecule has 0 aromatic carbocycles. The molecule has 214 valence electrons. The molecular formula is C29H57NO6. The molecule has 0 atom stereocenters. The minimum Gasteiger partial charge on any atom is -0.460 e. The van der Waals surface area contributed by atoms with Crippen LogP contribution >= 0.6 is 0 Å². The van der Waals surface area contributed by atoms with Crippen molar-refractivity contribution in [2.24, 2.45) is 0 Å². The number of esters is 2. The zero-order chi connectivity index (χ0) is 28.6. The molecule has 0 saturated carbocycles. The molecular weight excluding hydrogens is 458 g/mol. The molecule has 0 aliphatic heterocycles. The van der Waals surface area contributed by atoms with Gasteiger partial charge < -0.3 is 24.3 Å². The van der Waals surface area contributed by atoms with Crippen LogP contribution in [0.5, 0.6) is 0 Å². The number of hydrogen-bond acceptors (Lipinski definition) is 7. The molecule has 0 aromatic rings. The number of hydrogen-bond donors (Lipinski definition) is 1. The topological polar surface area (TPSA) is 83.1 Å². The Balaban J connectivity index is 4.57. The van der Waals surface area contributed by atoms with Crippen LogP contribution in [0.1, 0.15) is 129 Å². The highest BCUT2D eigenvalue weighted by Gasteiger charge is 2.32. The fraction of sp³-hybridized carbons (Fsp3) is 0.931. The monoisotopic (exact) mass is 515 g/mol. The minimum absolute atomic E-state index is 0.186. The van der Waals surface area contributed by atoms with E-state index < -0.39 is 22.4 Å². The van der Waals surface area contributed by atoms with E-state index in [1.807, 2.05) is 69.2 Å². The van der Waals surface area contributed by atoms with Crippen molar-refractivity contribution in [3.05, 3.63) is 0 Å². The van der Waals surface area contributed by atoms with Crippen LogP contribution < -0.4 is 5.32 Å². The maximum Gasteiger partial charge on any atom is 0.306 e. The van der Waals surface area contributed by atoms with Gasteiger partial charge in [0.1, 0.15) is 11.2 Å². The van der Waals surface area contributed by atoms with Gasteiger partial charge in [-0.15, -0.1) is 0 Å². The predicted octanol–water partition coefficient (Wildman–Crippen LogP) is 6.36. The predicted molar refractivity (Wildman–Crippen MR) is 146 cm³/mol. The number of rotatable bonds is 15. The van der Waals surface area contributed by atoms with Gasteiger partial charge in [-0.1, -0.05) is 0 Å². The molecule has 0 saturated heterocycles. The van der Waals surface area contributed by atoms with Crippen molar-refractivity contribution in [2.45, 2.75) is 163 Å². The summed E-state index contributed by atoms with van der Waals surface area (Å²) in [4.78, 5) is 24.1. The maximum atomic E-state index is 12.1. The van der Waals surface area contributed by atoms with E-state index in [2.05, 4.69) is 33.0 Å². The maximum absolute atomic E-state index is 12.1. The lowest BCUT2D eigenvalue weighted by Gasteiger charge is -2.39. The standard InChI is InChI=1S/C29H57NO6/c1-24(2,3)35-22(31)15-17-28(11,12)33-20-19-26(7,8)30-27(9,10)21-34-29(13,14)18-16-23(32)36-25(4,5)6/h30H,15-21H2,1-14H3. The van der Waals surface area contributed by atoms with Crippen LogP contribution in [0.15, 0.2) is 0 Å². The third kappa shape index (κ3) is 19.0. The molecule has 36 heavy (non-hydrogen) atoms. The molecule has 0 spiro atoms. The van der Waals surface area contributed by atoms with E-state index in [4.69, 9.17) is 18.9 Å². The molecule has 0 heterocycles. The first-order valence-corrected chi connectivity index (χ1v) is 13.3. The van der Waals surface area contributed by atoms with E-state index in [0.717, 1.165) is 6.42 Å². The van der Waals surface area contributed by atoms with E-state index >= 15 is 0 Å². The largest absolute Gasteiger partial charge is 0.460 e. The SMILES string of the molecule is CC(C)(CCOC(C)(C)CCC(=O)OC(C)(C)C)NC(C)(C)COC(C)(C)CCC(=O)OC(C)(C)C. The van der Waals surface area contributed by atoms with Gasteiger partial charge in [0.2, 0.25) is 0 Å². The first-order valence-electron chi connectivity index (χ1n) is 13.3. The van der Waals surface area contributed by atoms with Gasteiger partial charge in [0.25, 0.3) is 0 Å². The second-order valence-electron chi connectivity index (χ2n) is 14.5. The summed E-state index contributed by atoms with van der Waals surface area (Å²) in [5.74, 6) is -0.399. The molecule has 7 nitrogen and oxygen atoms in total.